The Morgan fingerprint density at radius 2 is 1.87 bits per heavy atom. The van der Waals surface area contributed by atoms with E-state index in [2.05, 4.69) is 26.8 Å². The molecule has 11 heteroatoms. The first kappa shape index (κ1) is 28.7. The molecular formula is C28H26ClF4N4OP. The largest absolute Gasteiger partial charge is 0.372 e. The molecule has 0 bridgehead atoms. The molecule has 2 unspecified atom stereocenters. The number of pyridine rings is 3. The van der Waals surface area contributed by atoms with Crippen molar-refractivity contribution in [3.8, 4) is 11.3 Å². The third-order valence-electron chi connectivity index (χ3n) is 6.32. The Balaban J connectivity index is 1.93. The summed E-state index contributed by atoms with van der Waals surface area (Å²) in [7, 11) is -2.64. The summed E-state index contributed by atoms with van der Waals surface area (Å²) >= 11 is 6.60. The molecule has 0 amide bonds. The maximum Gasteiger partial charge on any atom is 0.164 e. The number of hydrogen-bond donors (Lipinski definition) is 1. The van der Waals surface area contributed by atoms with E-state index in [4.69, 9.17) is 11.6 Å². The first-order valence-electron chi connectivity index (χ1n) is 11.9. The van der Waals surface area contributed by atoms with Crippen molar-refractivity contribution in [3.05, 3.63) is 89.0 Å². The Morgan fingerprint density at radius 1 is 1.15 bits per heavy atom. The molecule has 0 spiro atoms. The monoisotopic (exact) mass is 576 g/mol. The van der Waals surface area contributed by atoms with Gasteiger partial charge in [0.15, 0.2) is 17.5 Å². The number of nitrogens with one attached hydrogen (secondary N) is 1. The molecule has 0 aliphatic rings. The topological polar surface area (TPSA) is 67.8 Å². The predicted octanol–water partition coefficient (Wildman–Crippen LogP) is 7.78. The minimum atomic E-state index is -2.64. The van der Waals surface area contributed by atoms with E-state index in [1.54, 1.807) is 26.3 Å². The van der Waals surface area contributed by atoms with Gasteiger partial charge in [0, 0.05) is 29.8 Å². The van der Waals surface area contributed by atoms with E-state index in [9.17, 15) is 13.3 Å². The number of allylic oxidation sites excluding steroid dienone is 1. The van der Waals surface area contributed by atoms with Crippen LogP contribution in [0, 0.1) is 24.4 Å². The second kappa shape index (κ2) is 10.7. The average Bonchev–Trinajstić information content (AvgIpc) is 2.86. The van der Waals surface area contributed by atoms with E-state index in [0.29, 0.717) is 11.0 Å². The van der Waals surface area contributed by atoms with Gasteiger partial charge in [0.05, 0.1) is 33.4 Å². The zero-order chi connectivity index (χ0) is 28.7. The molecule has 1 aromatic carbocycles. The number of aromatic nitrogens is 3. The summed E-state index contributed by atoms with van der Waals surface area (Å²) in [6.07, 6.45) is 2.48. The first-order chi connectivity index (χ1) is 18.2. The van der Waals surface area contributed by atoms with Gasteiger partial charge in [-0.15, -0.1) is 6.58 Å². The Kier molecular flexibility index (Phi) is 7.88. The van der Waals surface area contributed by atoms with E-state index >= 15 is 8.78 Å². The van der Waals surface area contributed by atoms with Crippen molar-refractivity contribution in [2.24, 2.45) is 0 Å². The van der Waals surface area contributed by atoms with Crippen LogP contribution in [0.5, 0.6) is 0 Å². The lowest BCUT2D eigenvalue weighted by Crippen LogP contribution is -2.34. The average molecular weight is 577 g/mol. The van der Waals surface area contributed by atoms with Crippen LogP contribution in [-0.4, -0.2) is 34.0 Å². The van der Waals surface area contributed by atoms with Crippen LogP contribution in [0.15, 0.2) is 55.3 Å². The minimum absolute atomic E-state index is 0.0511. The van der Waals surface area contributed by atoms with Crippen molar-refractivity contribution in [3.63, 3.8) is 0 Å². The molecule has 0 aliphatic heterocycles. The lowest BCUT2D eigenvalue weighted by atomic mass is 9.88. The van der Waals surface area contributed by atoms with E-state index in [1.807, 2.05) is 0 Å². The summed E-state index contributed by atoms with van der Waals surface area (Å²) in [4.78, 5) is 13.0. The van der Waals surface area contributed by atoms with Crippen molar-refractivity contribution in [2.45, 2.75) is 32.0 Å². The number of nitrogens with zero attached hydrogens (tertiary/aromatic N) is 3. The number of hydrogen-bond acceptors (Lipinski definition) is 5. The highest BCUT2D eigenvalue weighted by molar-refractivity contribution is 7.69. The molecule has 4 aromatic rings. The second-order valence-corrected chi connectivity index (χ2v) is 13.4. The molecule has 39 heavy (non-hydrogen) atoms. The maximum atomic E-state index is 16.0. The highest BCUT2D eigenvalue weighted by Crippen LogP contribution is 2.42. The van der Waals surface area contributed by atoms with Gasteiger partial charge in [-0.25, -0.2) is 27.5 Å². The number of alkyl halides is 1. The maximum absolute atomic E-state index is 16.0. The molecule has 3 aromatic heterocycles. The molecule has 0 radical (unpaired) electrons. The van der Waals surface area contributed by atoms with E-state index in [1.165, 1.54) is 37.4 Å². The number of fused-ring (bicyclic) bond motifs is 1. The van der Waals surface area contributed by atoms with Gasteiger partial charge in [-0.2, -0.15) is 0 Å². The first-order valence-corrected chi connectivity index (χ1v) is 14.9. The van der Waals surface area contributed by atoms with Crippen molar-refractivity contribution in [2.75, 3.05) is 18.6 Å². The molecular weight excluding hydrogens is 551 g/mol. The quantitative estimate of drug-likeness (QED) is 0.132. The Hall–Kier alpha value is -3.29. The third-order valence-corrected chi connectivity index (χ3v) is 8.15. The number of rotatable bonds is 8. The molecule has 4 rings (SSSR count). The van der Waals surface area contributed by atoms with Crippen LogP contribution in [0.4, 0.5) is 23.2 Å². The van der Waals surface area contributed by atoms with Gasteiger partial charge in [-0.05, 0) is 45.4 Å². The lowest BCUT2D eigenvalue weighted by molar-refractivity contribution is 0.160. The van der Waals surface area contributed by atoms with E-state index < -0.39 is 36.3 Å². The minimum Gasteiger partial charge on any atom is -0.372 e. The molecule has 0 saturated heterocycles. The fraction of sp³-hybridized carbons (Fsp3) is 0.250. The normalized spacial score (nSPS) is 14.2. The van der Waals surface area contributed by atoms with Crippen molar-refractivity contribution in [1.29, 1.82) is 0 Å². The van der Waals surface area contributed by atoms with E-state index in [-0.39, 0.29) is 45.1 Å². The van der Waals surface area contributed by atoms with Crippen LogP contribution in [0.25, 0.3) is 22.3 Å². The number of aryl methyl sites for hydroxylation is 1. The molecule has 5 nitrogen and oxygen atoms in total. The molecule has 0 fully saturated rings. The van der Waals surface area contributed by atoms with E-state index in [0.717, 1.165) is 12.1 Å². The molecule has 204 valence electrons. The van der Waals surface area contributed by atoms with Gasteiger partial charge in [-0.3, -0.25) is 4.98 Å². The van der Waals surface area contributed by atoms with Crippen LogP contribution >= 0.6 is 18.7 Å². The molecule has 3 heterocycles. The van der Waals surface area contributed by atoms with Gasteiger partial charge < -0.3 is 9.88 Å². The highest BCUT2D eigenvalue weighted by atomic mass is 35.5. The van der Waals surface area contributed by atoms with Gasteiger partial charge in [0.1, 0.15) is 24.0 Å². The van der Waals surface area contributed by atoms with Crippen LogP contribution in [0.2, 0.25) is 5.02 Å². The Labute approximate surface area is 228 Å². The zero-order valence-electron chi connectivity index (χ0n) is 21.7. The summed E-state index contributed by atoms with van der Waals surface area (Å²) in [5, 5.41) is 2.98. The Bertz CT molecular complexity index is 1620. The summed E-state index contributed by atoms with van der Waals surface area (Å²) in [5.74, 6) is -3.06. The predicted molar refractivity (Wildman–Crippen MR) is 149 cm³/mol. The molecule has 1 N–H and O–H groups in total. The van der Waals surface area contributed by atoms with Gasteiger partial charge in [0.25, 0.3) is 0 Å². The lowest BCUT2D eigenvalue weighted by Gasteiger charge is -2.32. The van der Waals surface area contributed by atoms with Crippen LogP contribution < -0.4 is 10.8 Å². The van der Waals surface area contributed by atoms with Gasteiger partial charge >= 0.3 is 0 Å². The van der Waals surface area contributed by atoms with Crippen molar-refractivity contribution < 1.29 is 22.1 Å². The SMILES string of the molecule is C=CCC(C)(F)C(Nc1c(Cl)c(C)nc2cc(F)c(-c3ccc(P(C)(C)=O)nc3)nc12)c1cccc(F)c1F. The summed E-state index contributed by atoms with van der Waals surface area (Å²) in [6.45, 7) is 9.52. The fourth-order valence-corrected chi connectivity index (χ4v) is 5.24. The Morgan fingerprint density at radius 3 is 2.49 bits per heavy atom. The summed E-state index contributed by atoms with van der Waals surface area (Å²) < 4.78 is 72.7. The fourth-order valence-electron chi connectivity index (χ4n) is 4.28. The summed E-state index contributed by atoms with van der Waals surface area (Å²) in [6, 6.07) is 6.28. The third kappa shape index (κ3) is 5.70. The molecule has 0 aliphatic carbocycles. The number of benzene rings is 1. The van der Waals surface area contributed by atoms with Crippen molar-refractivity contribution in [1.82, 2.24) is 15.0 Å². The smallest absolute Gasteiger partial charge is 0.164 e. The van der Waals surface area contributed by atoms with Crippen LogP contribution in [-0.2, 0) is 4.57 Å². The highest BCUT2D eigenvalue weighted by Gasteiger charge is 2.38. The van der Waals surface area contributed by atoms with Crippen LogP contribution in [0.3, 0.4) is 0 Å². The number of halogens is 5. The summed E-state index contributed by atoms with van der Waals surface area (Å²) in [5.41, 5.74) is -1.31. The standard InChI is InChI=1S/C28H26ClF4N4OP/c1-6-12-28(3,33)27(17-8-7-9-18(30)23(17)32)37-26-22(29)15(2)35-20-13-19(31)24(36-25(20)26)16-10-11-21(34-14-16)39(4,5)38/h6-11,13-14,27H,1,12H2,2-5H3,(H,35,37). The molecule has 2 atom stereocenters. The van der Waals surface area contributed by atoms with Crippen molar-refractivity contribution >= 4 is 40.9 Å². The van der Waals surface area contributed by atoms with Gasteiger partial charge in [-0.1, -0.05) is 29.8 Å². The number of anilines is 1. The zero-order valence-corrected chi connectivity index (χ0v) is 23.3. The van der Waals surface area contributed by atoms with Gasteiger partial charge in [0.2, 0.25) is 0 Å². The second-order valence-electron chi connectivity index (χ2n) is 9.82. The van der Waals surface area contributed by atoms with Crippen LogP contribution in [0.1, 0.15) is 30.6 Å². The molecule has 0 saturated carbocycles.